The minimum Gasteiger partial charge on any atom is -0.364 e. The molecule has 1 aliphatic heterocycles. The summed E-state index contributed by atoms with van der Waals surface area (Å²) in [6, 6.07) is 6.80. The zero-order valence-electron chi connectivity index (χ0n) is 8.79. The van der Waals surface area contributed by atoms with E-state index < -0.39 is 0 Å². The molecular formula is C12H8N2O3. The predicted molar refractivity (Wildman–Crippen MR) is 57.1 cm³/mol. The smallest absolute Gasteiger partial charge is 0.261 e. The van der Waals surface area contributed by atoms with Crippen molar-refractivity contribution in [1.29, 1.82) is 0 Å². The van der Waals surface area contributed by atoms with Gasteiger partial charge in [-0.2, -0.15) is 0 Å². The molecule has 0 fully saturated rings. The lowest BCUT2D eigenvalue weighted by atomic mass is 10.1. The van der Waals surface area contributed by atoms with E-state index in [1.165, 1.54) is 17.4 Å². The highest BCUT2D eigenvalue weighted by Crippen LogP contribution is 2.23. The van der Waals surface area contributed by atoms with Crippen molar-refractivity contribution in [2.75, 3.05) is 0 Å². The van der Waals surface area contributed by atoms with Crippen LogP contribution >= 0.6 is 0 Å². The van der Waals surface area contributed by atoms with Crippen LogP contribution in [0.1, 0.15) is 26.3 Å². The van der Waals surface area contributed by atoms with E-state index in [1.807, 2.05) is 0 Å². The van der Waals surface area contributed by atoms with Crippen LogP contribution in [0.25, 0.3) is 0 Å². The maximum atomic E-state index is 12.0. The molecule has 1 aliphatic rings. The number of nitrogens with zero attached hydrogens (tertiary/aromatic N) is 2. The van der Waals surface area contributed by atoms with E-state index in [2.05, 4.69) is 9.68 Å². The van der Waals surface area contributed by atoms with E-state index in [0.29, 0.717) is 16.7 Å². The highest BCUT2D eigenvalue weighted by Gasteiger charge is 2.35. The van der Waals surface area contributed by atoms with Crippen LogP contribution < -0.4 is 0 Å². The monoisotopic (exact) mass is 228 g/mol. The number of amides is 2. The number of imide groups is 1. The standard InChI is InChI=1S/C12H8N2O3/c15-11-9-3-1-2-4-10(9)12(16)14(11)6-8-5-13-17-7-8/h1-5,7H,6H2. The van der Waals surface area contributed by atoms with Crippen molar-refractivity contribution in [1.82, 2.24) is 10.1 Å². The second-order valence-electron chi connectivity index (χ2n) is 3.77. The van der Waals surface area contributed by atoms with Crippen LogP contribution in [0.15, 0.2) is 41.2 Å². The van der Waals surface area contributed by atoms with Gasteiger partial charge in [-0.25, -0.2) is 0 Å². The van der Waals surface area contributed by atoms with Gasteiger partial charge in [0.1, 0.15) is 6.26 Å². The zero-order valence-corrected chi connectivity index (χ0v) is 8.79. The van der Waals surface area contributed by atoms with Gasteiger partial charge in [0.2, 0.25) is 0 Å². The Hall–Kier alpha value is -2.43. The van der Waals surface area contributed by atoms with Crippen molar-refractivity contribution < 1.29 is 14.1 Å². The molecule has 3 rings (SSSR count). The lowest BCUT2D eigenvalue weighted by Gasteiger charge is -2.11. The minimum absolute atomic E-state index is 0.190. The van der Waals surface area contributed by atoms with Crippen LogP contribution in [0.5, 0.6) is 0 Å². The summed E-state index contributed by atoms with van der Waals surface area (Å²) < 4.78 is 4.67. The molecule has 84 valence electrons. The molecule has 1 aromatic carbocycles. The van der Waals surface area contributed by atoms with Crippen LogP contribution in [0, 0.1) is 0 Å². The lowest BCUT2D eigenvalue weighted by Crippen LogP contribution is -2.28. The molecule has 2 heterocycles. The molecule has 0 atom stereocenters. The summed E-state index contributed by atoms with van der Waals surface area (Å²) in [6.45, 7) is 0.190. The van der Waals surface area contributed by atoms with Gasteiger partial charge in [0.25, 0.3) is 11.8 Å². The first-order valence-electron chi connectivity index (χ1n) is 5.11. The van der Waals surface area contributed by atoms with Gasteiger partial charge in [-0.3, -0.25) is 14.5 Å². The van der Waals surface area contributed by atoms with Gasteiger partial charge < -0.3 is 4.52 Å². The van der Waals surface area contributed by atoms with Crippen molar-refractivity contribution in [3.8, 4) is 0 Å². The fourth-order valence-electron chi connectivity index (χ4n) is 1.87. The molecule has 17 heavy (non-hydrogen) atoms. The summed E-state index contributed by atoms with van der Waals surface area (Å²) >= 11 is 0. The summed E-state index contributed by atoms with van der Waals surface area (Å²) in [4.78, 5) is 25.2. The van der Waals surface area contributed by atoms with E-state index in [4.69, 9.17) is 0 Å². The first kappa shape index (κ1) is 9.77. The molecular weight excluding hydrogens is 220 g/mol. The molecule has 5 heteroatoms. The topological polar surface area (TPSA) is 63.4 Å². The van der Waals surface area contributed by atoms with E-state index >= 15 is 0 Å². The van der Waals surface area contributed by atoms with E-state index in [0.717, 1.165) is 0 Å². The Morgan fingerprint density at radius 2 is 1.76 bits per heavy atom. The predicted octanol–water partition coefficient (Wildman–Crippen LogP) is 1.47. The van der Waals surface area contributed by atoms with Crippen LogP contribution in [0.3, 0.4) is 0 Å². The molecule has 0 spiro atoms. The molecule has 0 N–H and O–H groups in total. The average Bonchev–Trinajstić information content (AvgIpc) is 2.94. The summed E-state index contributed by atoms with van der Waals surface area (Å²) in [7, 11) is 0. The van der Waals surface area contributed by atoms with Crippen LogP contribution in [0.2, 0.25) is 0 Å². The van der Waals surface area contributed by atoms with Crippen molar-refractivity contribution in [3.05, 3.63) is 53.4 Å². The number of hydrogen-bond acceptors (Lipinski definition) is 4. The van der Waals surface area contributed by atoms with E-state index in [-0.39, 0.29) is 18.4 Å². The van der Waals surface area contributed by atoms with E-state index in [1.54, 1.807) is 24.3 Å². The first-order chi connectivity index (χ1) is 8.27. The van der Waals surface area contributed by atoms with Crippen LogP contribution in [-0.2, 0) is 6.54 Å². The Morgan fingerprint density at radius 3 is 2.29 bits per heavy atom. The molecule has 0 saturated carbocycles. The van der Waals surface area contributed by atoms with Gasteiger partial charge in [0.15, 0.2) is 0 Å². The second kappa shape index (κ2) is 3.55. The van der Waals surface area contributed by atoms with Crippen molar-refractivity contribution in [2.24, 2.45) is 0 Å². The van der Waals surface area contributed by atoms with Gasteiger partial charge in [0, 0.05) is 5.56 Å². The summed E-state index contributed by atoms with van der Waals surface area (Å²) in [6.07, 6.45) is 2.91. The van der Waals surface area contributed by atoms with Gasteiger partial charge in [-0.15, -0.1) is 0 Å². The fourth-order valence-corrected chi connectivity index (χ4v) is 1.87. The Labute approximate surface area is 96.6 Å². The molecule has 0 unspecified atom stereocenters. The third kappa shape index (κ3) is 1.44. The third-order valence-electron chi connectivity index (χ3n) is 2.70. The maximum absolute atomic E-state index is 12.0. The minimum atomic E-state index is -0.271. The Morgan fingerprint density at radius 1 is 1.12 bits per heavy atom. The van der Waals surface area contributed by atoms with Gasteiger partial charge >= 0.3 is 0 Å². The average molecular weight is 228 g/mol. The summed E-state index contributed by atoms with van der Waals surface area (Å²) in [5.74, 6) is -0.543. The third-order valence-corrected chi connectivity index (χ3v) is 2.70. The summed E-state index contributed by atoms with van der Waals surface area (Å²) in [5, 5.41) is 3.54. The number of rotatable bonds is 2. The Kier molecular flexibility index (Phi) is 2.04. The molecule has 2 aromatic rings. The number of fused-ring (bicyclic) bond motifs is 1. The zero-order chi connectivity index (χ0) is 11.8. The molecule has 0 radical (unpaired) electrons. The quantitative estimate of drug-likeness (QED) is 0.730. The Balaban J connectivity index is 1.95. The number of hydrogen-bond donors (Lipinski definition) is 0. The molecule has 0 aliphatic carbocycles. The molecule has 1 aromatic heterocycles. The van der Waals surface area contributed by atoms with Gasteiger partial charge in [-0.1, -0.05) is 17.3 Å². The van der Waals surface area contributed by atoms with Crippen LogP contribution in [0.4, 0.5) is 0 Å². The fraction of sp³-hybridized carbons (Fsp3) is 0.0833. The van der Waals surface area contributed by atoms with Crippen molar-refractivity contribution in [3.63, 3.8) is 0 Å². The number of benzene rings is 1. The second-order valence-corrected chi connectivity index (χ2v) is 3.77. The normalized spacial score (nSPS) is 14.2. The molecule has 0 bridgehead atoms. The number of carbonyl (C=O) groups is 2. The van der Waals surface area contributed by atoms with Crippen LogP contribution in [-0.4, -0.2) is 21.9 Å². The highest BCUT2D eigenvalue weighted by molar-refractivity contribution is 6.21. The van der Waals surface area contributed by atoms with Gasteiger partial charge in [-0.05, 0) is 12.1 Å². The van der Waals surface area contributed by atoms with Crippen molar-refractivity contribution >= 4 is 11.8 Å². The summed E-state index contributed by atoms with van der Waals surface area (Å²) in [5.41, 5.74) is 1.60. The van der Waals surface area contributed by atoms with Gasteiger partial charge in [0.05, 0.1) is 23.9 Å². The molecule has 0 saturated heterocycles. The lowest BCUT2D eigenvalue weighted by molar-refractivity contribution is 0.0642. The number of aromatic nitrogens is 1. The first-order valence-corrected chi connectivity index (χ1v) is 5.11. The largest absolute Gasteiger partial charge is 0.364 e. The molecule has 2 amide bonds. The SMILES string of the molecule is O=C1c2ccccc2C(=O)N1Cc1cnoc1. The Bertz CT molecular complexity index is 555. The highest BCUT2D eigenvalue weighted by atomic mass is 16.5. The van der Waals surface area contributed by atoms with Crippen molar-refractivity contribution in [2.45, 2.75) is 6.54 Å². The number of carbonyl (C=O) groups excluding carboxylic acids is 2. The molecule has 5 nitrogen and oxygen atoms in total. The van der Waals surface area contributed by atoms with E-state index in [9.17, 15) is 9.59 Å². The maximum Gasteiger partial charge on any atom is 0.261 e.